The van der Waals surface area contributed by atoms with Crippen LogP contribution in [0.2, 0.25) is 0 Å². The summed E-state index contributed by atoms with van der Waals surface area (Å²) in [7, 11) is 3.67. The highest BCUT2D eigenvalue weighted by molar-refractivity contribution is 7.13. The number of hydrogen-bond acceptors (Lipinski definition) is 7. The number of aromatic nitrogens is 6. The highest BCUT2D eigenvalue weighted by Crippen LogP contribution is 2.35. The number of fused-ring (bicyclic) bond motifs is 2. The number of nitrogens with zero attached hydrogens (tertiary/aromatic N) is 5. The molecule has 11 heteroatoms. The van der Waals surface area contributed by atoms with Gasteiger partial charge >= 0.3 is 0 Å². The monoisotopic (exact) mass is 512 g/mol. The predicted molar refractivity (Wildman–Crippen MR) is 143 cm³/mol. The molecule has 3 N–H and O–H groups in total. The van der Waals surface area contributed by atoms with E-state index in [-0.39, 0.29) is 17.6 Å². The molecule has 6 rings (SSSR count). The highest BCUT2D eigenvalue weighted by Gasteiger charge is 2.17. The lowest BCUT2D eigenvalue weighted by Crippen LogP contribution is -2.27. The van der Waals surface area contributed by atoms with E-state index >= 15 is 0 Å². The molecule has 0 aliphatic carbocycles. The third-order valence-electron chi connectivity index (χ3n) is 5.80. The normalized spacial score (nSPS) is 11.6. The lowest BCUT2D eigenvalue weighted by Gasteiger charge is -2.10. The fourth-order valence-electron chi connectivity index (χ4n) is 4.20. The van der Waals surface area contributed by atoms with Crippen molar-refractivity contribution in [2.45, 2.75) is 0 Å². The minimum absolute atomic E-state index is 0.123. The molecule has 0 aliphatic heterocycles. The number of likely N-dealkylation sites (N-methyl/N-ethyl adjacent to an activating group) is 1. The summed E-state index contributed by atoms with van der Waals surface area (Å²) in [6.07, 6.45) is 5.01. The van der Waals surface area contributed by atoms with Crippen molar-refractivity contribution < 1.29 is 9.18 Å². The number of hydrogen-bond donors (Lipinski definition) is 3. The number of carbonyl (C=O) groups excluding carboxylic acids is 1. The van der Waals surface area contributed by atoms with Gasteiger partial charge in [-0.05, 0) is 56.6 Å². The van der Waals surface area contributed by atoms with Crippen molar-refractivity contribution in [3.05, 3.63) is 66.2 Å². The summed E-state index contributed by atoms with van der Waals surface area (Å²) < 4.78 is 13.7. The number of H-pyrrole nitrogens is 2. The number of halogens is 1. The van der Waals surface area contributed by atoms with E-state index in [4.69, 9.17) is 4.98 Å². The van der Waals surface area contributed by atoms with Crippen molar-refractivity contribution in [2.75, 3.05) is 26.0 Å². The number of thiophene rings is 1. The lowest BCUT2D eigenvalue weighted by molar-refractivity contribution is -0.116. The molecule has 0 spiro atoms. The minimum atomic E-state index is -0.254. The van der Waals surface area contributed by atoms with Gasteiger partial charge in [0.2, 0.25) is 5.91 Å². The maximum Gasteiger partial charge on any atom is 0.238 e. The van der Waals surface area contributed by atoms with Crippen LogP contribution in [-0.4, -0.2) is 61.6 Å². The first-order valence-corrected chi connectivity index (χ1v) is 12.3. The second-order valence-corrected chi connectivity index (χ2v) is 9.85. The van der Waals surface area contributed by atoms with E-state index in [9.17, 15) is 9.18 Å². The van der Waals surface area contributed by atoms with Crippen LogP contribution in [0, 0.1) is 5.13 Å². The maximum absolute atomic E-state index is 13.7. The molecule has 0 fully saturated rings. The first-order chi connectivity index (χ1) is 17.9. The summed E-state index contributed by atoms with van der Waals surface area (Å²) >= 11 is 1.06. The van der Waals surface area contributed by atoms with Gasteiger partial charge in [0.25, 0.3) is 0 Å². The fourth-order valence-corrected chi connectivity index (χ4v) is 4.94. The molecule has 6 aromatic heterocycles. The minimum Gasteiger partial charge on any atom is -0.353 e. The zero-order valence-electron chi connectivity index (χ0n) is 19.9. The standard InChI is InChI=1S/C26H21FN8OS/c1-35(2)13-23(36)30-15-9-14(11-28-12-15)17-3-4-19-25(32-17)26(34-33-19)20-10-16-18(31-20)7-8-29-24(16)21-5-6-22(27)37-21/h3-12,31H,13H2,1-2H3,(H,30,36)(H,33,34). The number of anilines is 1. The molecule has 0 saturated carbocycles. The molecule has 184 valence electrons. The summed E-state index contributed by atoms with van der Waals surface area (Å²) in [4.78, 5) is 31.7. The number of nitrogens with one attached hydrogen (secondary N) is 3. The Bertz CT molecular complexity index is 1770. The molecule has 0 aliphatic rings. The zero-order chi connectivity index (χ0) is 25.5. The van der Waals surface area contributed by atoms with Gasteiger partial charge in [-0.2, -0.15) is 9.49 Å². The molecule has 0 aromatic carbocycles. The molecule has 6 heterocycles. The van der Waals surface area contributed by atoms with Crippen LogP contribution in [0.25, 0.3) is 55.2 Å². The smallest absolute Gasteiger partial charge is 0.238 e. The number of pyridine rings is 3. The summed E-state index contributed by atoms with van der Waals surface area (Å²) in [5, 5.41) is 11.0. The Morgan fingerprint density at radius 1 is 1.08 bits per heavy atom. The van der Waals surface area contributed by atoms with Gasteiger partial charge in [-0.3, -0.25) is 19.9 Å². The van der Waals surface area contributed by atoms with Crippen LogP contribution in [0.4, 0.5) is 10.1 Å². The van der Waals surface area contributed by atoms with Gasteiger partial charge in [-0.15, -0.1) is 11.3 Å². The Hall–Kier alpha value is -4.48. The Labute approximate surface area is 214 Å². The topological polar surface area (TPSA) is 115 Å². The molecule has 0 unspecified atom stereocenters. The summed E-state index contributed by atoms with van der Waals surface area (Å²) in [6, 6.07) is 12.6. The van der Waals surface area contributed by atoms with Crippen molar-refractivity contribution >= 4 is 44.9 Å². The average molecular weight is 513 g/mol. The van der Waals surface area contributed by atoms with Gasteiger partial charge in [0.15, 0.2) is 5.13 Å². The molecular formula is C26H21FN8OS. The average Bonchev–Trinajstić information content (AvgIpc) is 3.60. The third-order valence-corrected chi connectivity index (χ3v) is 6.68. The molecule has 0 radical (unpaired) electrons. The number of carbonyl (C=O) groups is 1. The first kappa shape index (κ1) is 23.0. The largest absolute Gasteiger partial charge is 0.353 e. The molecule has 0 bridgehead atoms. The van der Waals surface area contributed by atoms with E-state index in [0.717, 1.165) is 43.9 Å². The SMILES string of the molecule is CN(C)CC(=O)Nc1cncc(-c2ccc3[nH]nc(-c4cc5c(-c6ccc(F)s6)nccc5[nH]4)c3n2)c1. The Balaban J connectivity index is 1.38. The molecule has 6 aromatic rings. The van der Waals surface area contributed by atoms with E-state index in [0.29, 0.717) is 28.3 Å². The second kappa shape index (κ2) is 9.19. The number of aromatic amines is 2. The van der Waals surface area contributed by atoms with Gasteiger partial charge < -0.3 is 15.2 Å². The van der Waals surface area contributed by atoms with E-state index in [1.165, 1.54) is 6.07 Å². The summed E-state index contributed by atoms with van der Waals surface area (Å²) in [5.74, 6) is -0.123. The van der Waals surface area contributed by atoms with Crippen molar-refractivity contribution in [1.29, 1.82) is 0 Å². The van der Waals surface area contributed by atoms with Crippen LogP contribution in [0.5, 0.6) is 0 Å². The van der Waals surface area contributed by atoms with Crippen LogP contribution in [0.3, 0.4) is 0 Å². The molecular weight excluding hydrogens is 491 g/mol. The Morgan fingerprint density at radius 2 is 1.97 bits per heavy atom. The molecule has 37 heavy (non-hydrogen) atoms. The Morgan fingerprint density at radius 3 is 2.78 bits per heavy atom. The quantitative estimate of drug-likeness (QED) is 0.291. The van der Waals surface area contributed by atoms with Gasteiger partial charge in [-0.1, -0.05) is 0 Å². The van der Waals surface area contributed by atoms with Gasteiger partial charge in [0.05, 0.1) is 45.9 Å². The molecule has 9 nitrogen and oxygen atoms in total. The van der Waals surface area contributed by atoms with Gasteiger partial charge in [0, 0.05) is 28.9 Å². The van der Waals surface area contributed by atoms with Crippen LogP contribution in [0.1, 0.15) is 0 Å². The highest BCUT2D eigenvalue weighted by atomic mass is 32.1. The maximum atomic E-state index is 13.7. The lowest BCUT2D eigenvalue weighted by atomic mass is 10.1. The van der Waals surface area contributed by atoms with E-state index in [1.54, 1.807) is 29.6 Å². The van der Waals surface area contributed by atoms with Crippen molar-refractivity contribution in [1.82, 2.24) is 35.0 Å². The van der Waals surface area contributed by atoms with Crippen molar-refractivity contribution in [2.24, 2.45) is 0 Å². The summed E-state index contributed by atoms with van der Waals surface area (Å²) in [6.45, 7) is 0.274. The van der Waals surface area contributed by atoms with E-state index in [1.807, 2.05) is 44.4 Å². The molecule has 1 amide bonds. The predicted octanol–water partition coefficient (Wildman–Crippen LogP) is 4.93. The van der Waals surface area contributed by atoms with Crippen LogP contribution in [-0.2, 0) is 4.79 Å². The number of rotatable bonds is 6. The second-order valence-electron chi connectivity index (χ2n) is 8.82. The third kappa shape index (κ3) is 4.46. The van der Waals surface area contributed by atoms with Crippen molar-refractivity contribution in [3.63, 3.8) is 0 Å². The van der Waals surface area contributed by atoms with Crippen LogP contribution >= 0.6 is 11.3 Å². The van der Waals surface area contributed by atoms with Gasteiger partial charge in [-0.25, -0.2) is 4.98 Å². The molecule has 0 saturated heterocycles. The first-order valence-electron chi connectivity index (χ1n) is 11.4. The fraction of sp³-hybridized carbons (Fsp3) is 0.115. The molecule has 0 atom stereocenters. The zero-order valence-corrected chi connectivity index (χ0v) is 20.7. The summed E-state index contributed by atoms with van der Waals surface area (Å²) in [5.41, 5.74) is 6.51. The number of amides is 1. The van der Waals surface area contributed by atoms with Gasteiger partial charge in [0.1, 0.15) is 11.2 Å². The Kier molecular flexibility index (Phi) is 5.70. The van der Waals surface area contributed by atoms with E-state index in [2.05, 4.69) is 30.5 Å². The van der Waals surface area contributed by atoms with Crippen LogP contribution < -0.4 is 5.32 Å². The van der Waals surface area contributed by atoms with E-state index < -0.39 is 0 Å². The van der Waals surface area contributed by atoms with Crippen LogP contribution in [0.15, 0.2) is 61.1 Å². The van der Waals surface area contributed by atoms with Crippen molar-refractivity contribution in [3.8, 4) is 33.2 Å².